The first kappa shape index (κ1) is 18.9. The molecule has 1 aromatic heterocycles. The van der Waals surface area contributed by atoms with E-state index in [1.165, 1.54) is 0 Å². The van der Waals surface area contributed by atoms with Crippen LogP contribution >= 0.6 is 11.6 Å². The predicted octanol–water partition coefficient (Wildman–Crippen LogP) is 2.94. The summed E-state index contributed by atoms with van der Waals surface area (Å²) >= 11 is 6.09. The number of likely N-dealkylation sites (tertiary alicyclic amines) is 1. The molecule has 1 aliphatic heterocycles. The summed E-state index contributed by atoms with van der Waals surface area (Å²) in [6, 6.07) is 7.43. The number of hydrogen-bond donors (Lipinski definition) is 1. The second kappa shape index (κ2) is 8.64. The van der Waals surface area contributed by atoms with Crippen LogP contribution in [0.1, 0.15) is 42.9 Å². The summed E-state index contributed by atoms with van der Waals surface area (Å²) in [7, 11) is 0. The topological polar surface area (TPSA) is 63.1 Å². The monoisotopic (exact) mass is 375 g/mol. The molecule has 1 aliphatic rings. The van der Waals surface area contributed by atoms with Crippen molar-refractivity contribution in [3.8, 4) is 5.69 Å². The number of hydrogen-bond acceptors (Lipinski definition) is 4. The van der Waals surface area contributed by atoms with Gasteiger partial charge in [0.1, 0.15) is 0 Å². The van der Waals surface area contributed by atoms with Crippen LogP contribution in [0.25, 0.3) is 5.69 Å². The van der Waals surface area contributed by atoms with E-state index in [0.717, 1.165) is 50.4 Å². The third-order valence-electron chi connectivity index (χ3n) is 4.94. The number of benzene rings is 1. The highest BCUT2D eigenvalue weighted by molar-refractivity contribution is 6.30. The van der Waals surface area contributed by atoms with Crippen molar-refractivity contribution in [2.24, 2.45) is 5.92 Å². The Hall–Kier alpha value is -1.92. The first-order valence-corrected chi connectivity index (χ1v) is 9.72. The second-order valence-corrected chi connectivity index (χ2v) is 7.11. The number of rotatable bonds is 6. The van der Waals surface area contributed by atoms with Gasteiger partial charge in [0.05, 0.1) is 11.4 Å². The van der Waals surface area contributed by atoms with E-state index in [2.05, 4.69) is 22.6 Å². The van der Waals surface area contributed by atoms with E-state index in [1.807, 2.05) is 36.1 Å². The van der Waals surface area contributed by atoms with Gasteiger partial charge in [-0.2, -0.15) is 0 Å². The summed E-state index contributed by atoms with van der Waals surface area (Å²) in [4.78, 5) is 14.9. The Balaban J connectivity index is 1.74. The highest BCUT2D eigenvalue weighted by Gasteiger charge is 2.28. The van der Waals surface area contributed by atoms with Gasteiger partial charge in [0.25, 0.3) is 5.91 Å². The van der Waals surface area contributed by atoms with E-state index in [1.54, 1.807) is 4.68 Å². The molecule has 2 aromatic rings. The van der Waals surface area contributed by atoms with Crippen LogP contribution in [0.2, 0.25) is 5.02 Å². The summed E-state index contributed by atoms with van der Waals surface area (Å²) in [6.45, 7) is 7.72. The highest BCUT2D eigenvalue weighted by Crippen LogP contribution is 2.21. The Bertz CT molecular complexity index is 752. The number of amides is 1. The first-order chi connectivity index (χ1) is 12.6. The van der Waals surface area contributed by atoms with Gasteiger partial charge in [0.2, 0.25) is 0 Å². The van der Waals surface area contributed by atoms with Crippen LogP contribution in [0.3, 0.4) is 0 Å². The molecular formula is C19H26ClN5O. The minimum atomic E-state index is -0.0166. The van der Waals surface area contributed by atoms with Crippen molar-refractivity contribution in [1.29, 1.82) is 0 Å². The highest BCUT2D eigenvalue weighted by atomic mass is 35.5. The lowest BCUT2D eigenvalue weighted by Gasteiger charge is -2.31. The molecule has 1 amide bonds. The number of nitrogens with zero attached hydrogens (tertiary/aromatic N) is 4. The van der Waals surface area contributed by atoms with Crippen LogP contribution in [-0.4, -0.2) is 52.0 Å². The molecule has 26 heavy (non-hydrogen) atoms. The smallest absolute Gasteiger partial charge is 0.276 e. The SMILES string of the molecule is CCNCC1CCN(C(=O)c2nnn(-c3cccc(Cl)c3)c2CC)CC1. The third kappa shape index (κ3) is 4.07. The van der Waals surface area contributed by atoms with Crippen molar-refractivity contribution < 1.29 is 4.79 Å². The largest absolute Gasteiger partial charge is 0.337 e. The molecule has 1 fully saturated rings. The summed E-state index contributed by atoms with van der Waals surface area (Å²) in [5.74, 6) is 0.629. The number of nitrogens with one attached hydrogen (secondary N) is 1. The van der Waals surface area contributed by atoms with E-state index in [9.17, 15) is 4.79 Å². The third-order valence-corrected chi connectivity index (χ3v) is 5.17. The van der Waals surface area contributed by atoms with E-state index in [0.29, 0.717) is 23.1 Å². The predicted molar refractivity (Wildman–Crippen MR) is 103 cm³/mol. The fraction of sp³-hybridized carbons (Fsp3) is 0.526. The fourth-order valence-corrected chi connectivity index (χ4v) is 3.62. The van der Waals surface area contributed by atoms with E-state index in [-0.39, 0.29) is 5.91 Å². The molecule has 0 spiro atoms. The Morgan fingerprint density at radius 2 is 2.08 bits per heavy atom. The second-order valence-electron chi connectivity index (χ2n) is 6.67. The number of carbonyl (C=O) groups excluding carboxylic acids is 1. The number of halogens is 1. The van der Waals surface area contributed by atoms with Gasteiger partial charge in [-0.3, -0.25) is 4.79 Å². The Morgan fingerprint density at radius 3 is 2.73 bits per heavy atom. The minimum Gasteiger partial charge on any atom is -0.337 e. The van der Waals surface area contributed by atoms with Crippen molar-refractivity contribution in [3.63, 3.8) is 0 Å². The molecule has 1 N–H and O–H groups in total. The number of aromatic nitrogens is 3. The van der Waals surface area contributed by atoms with Gasteiger partial charge >= 0.3 is 0 Å². The van der Waals surface area contributed by atoms with Gasteiger partial charge in [-0.05, 0) is 56.5 Å². The van der Waals surface area contributed by atoms with Gasteiger partial charge in [-0.25, -0.2) is 4.68 Å². The zero-order chi connectivity index (χ0) is 18.5. The summed E-state index contributed by atoms with van der Waals surface area (Å²) in [5, 5.41) is 12.5. The molecule has 0 radical (unpaired) electrons. The molecule has 7 heteroatoms. The molecule has 140 valence electrons. The fourth-order valence-electron chi connectivity index (χ4n) is 3.44. The standard InChI is InChI=1S/C19H26ClN5O/c1-3-17-18(22-23-25(17)16-7-5-6-15(20)12-16)19(26)24-10-8-14(9-11-24)13-21-4-2/h5-7,12,14,21H,3-4,8-11,13H2,1-2H3. The number of carbonyl (C=O) groups is 1. The summed E-state index contributed by atoms with van der Waals surface area (Å²) in [5.41, 5.74) is 2.11. The van der Waals surface area contributed by atoms with E-state index in [4.69, 9.17) is 11.6 Å². The van der Waals surface area contributed by atoms with Crippen LogP contribution < -0.4 is 5.32 Å². The molecule has 0 aliphatic carbocycles. The van der Waals surface area contributed by atoms with Crippen molar-refractivity contribution in [1.82, 2.24) is 25.2 Å². The van der Waals surface area contributed by atoms with Gasteiger partial charge in [-0.15, -0.1) is 5.10 Å². The normalized spacial score (nSPS) is 15.4. The van der Waals surface area contributed by atoms with Gasteiger partial charge in [0.15, 0.2) is 5.69 Å². The lowest BCUT2D eigenvalue weighted by atomic mass is 9.96. The van der Waals surface area contributed by atoms with Gasteiger partial charge < -0.3 is 10.2 Å². The maximum absolute atomic E-state index is 13.0. The zero-order valence-corrected chi connectivity index (χ0v) is 16.2. The average Bonchev–Trinajstić information content (AvgIpc) is 3.10. The minimum absolute atomic E-state index is 0.0166. The van der Waals surface area contributed by atoms with E-state index >= 15 is 0 Å². The van der Waals surface area contributed by atoms with Crippen LogP contribution in [0.15, 0.2) is 24.3 Å². The van der Waals surface area contributed by atoms with Crippen molar-refractivity contribution >= 4 is 17.5 Å². The lowest BCUT2D eigenvalue weighted by molar-refractivity contribution is 0.0683. The zero-order valence-electron chi connectivity index (χ0n) is 15.4. The number of piperidine rings is 1. The molecule has 2 heterocycles. The Labute approximate surface area is 159 Å². The maximum atomic E-state index is 13.0. The Morgan fingerprint density at radius 1 is 1.31 bits per heavy atom. The van der Waals surface area contributed by atoms with E-state index < -0.39 is 0 Å². The summed E-state index contributed by atoms with van der Waals surface area (Å²) < 4.78 is 1.72. The first-order valence-electron chi connectivity index (χ1n) is 9.34. The van der Waals surface area contributed by atoms with Crippen LogP contribution in [0.5, 0.6) is 0 Å². The molecule has 0 unspecified atom stereocenters. The summed E-state index contributed by atoms with van der Waals surface area (Å²) in [6.07, 6.45) is 2.74. The molecule has 1 aromatic carbocycles. The molecule has 3 rings (SSSR count). The molecular weight excluding hydrogens is 350 g/mol. The van der Waals surface area contributed by atoms with Gasteiger partial charge in [0, 0.05) is 18.1 Å². The van der Waals surface area contributed by atoms with Crippen molar-refractivity contribution in [2.75, 3.05) is 26.2 Å². The molecule has 0 bridgehead atoms. The average molecular weight is 376 g/mol. The Kier molecular flexibility index (Phi) is 6.27. The molecule has 1 saturated heterocycles. The molecule has 0 saturated carbocycles. The maximum Gasteiger partial charge on any atom is 0.276 e. The van der Waals surface area contributed by atoms with Crippen molar-refractivity contribution in [2.45, 2.75) is 33.1 Å². The molecule has 6 nitrogen and oxygen atoms in total. The van der Waals surface area contributed by atoms with Crippen LogP contribution in [-0.2, 0) is 6.42 Å². The van der Waals surface area contributed by atoms with Crippen LogP contribution in [0, 0.1) is 5.92 Å². The van der Waals surface area contributed by atoms with Gasteiger partial charge in [-0.1, -0.05) is 36.7 Å². The van der Waals surface area contributed by atoms with Crippen molar-refractivity contribution in [3.05, 3.63) is 40.7 Å². The quantitative estimate of drug-likeness (QED) is 0.843. The lowest BCUT2D eigenvalue weighted by Crippen LogP contribution is -2.41. The molecule has 0 atom stereocenters. The van der Waals surface area contributed by atoms with Crippen LogP contribution in [0.4, 0.5) is 0 Å².